The standard InChI is InChI=1S/C14H18N4O2S/c1-15-12-6-4-10-18(13-7-3-2-5-11(12)13)21(19,20)14-8-9-16-17-14/h2-3,5,7-9,12,15H,4,6,10H2,1H3,(H,16,17). The van der Waals surface area contributed by atoms with Gasteiger partial charge in [-0.25, -0.2) is 0 Å². The van der Waals surface area contributed by atoms with Crippen molar-refractivity contribution in [2.24, 2.45) is 0 Å². The summed E-state index contributed by atoms with van der Waals surface area (Å²) in [6.45, 7) is 0.469. The molecule has 112 valence electrons. The van der Waals surface area contributed by atoms with E-state index >= 15 is 0 Å². The van der Waals surface area contributed by atoms with Crippen molar-refractivity contribution in [1.82, 2.24) is 15.5 Å². The highest BCUT2D eigenvalue weighted by Crippen LogP contribution is 2.35. The summed E-state index contributed by atoms with van der Waals surface area (Å²) in [6.07, 6.45) is 3.16. The average Bonchev–Trinajstić information content (AvgIpc) is 2.96. The highest BCUT2D eigenvalue weighted by Gasteiger charge is 2.31. The van der Waals surface area contributed by atoms with Crippen LogP contribution in [0, 0.1) is 0 Å². The minimum atomic E-state index is -3.60. The number of para-hydroxylation sites is 1. The number of nitrogens with one attached hydrogen (secondary N) is 2. The first kappa shape index (κ1) is 14.1. The quantitative estimate of drug-likeness (QED) is 0.904. The number of fused-ring (bicyclic) bond motifs is 1. The van der Waals surface area contributed by atoms with Crippen LogP contribution in [0.4, 0.5) is 5.69 Å². The van der Waals surface area contributed by atoms with Crippen LogP contribution < -0.4 is 9.62 Å². The second kappa shape index (κ2) is 5.50. The lowest BCUT2D eigenvalue weighted by Crippen LogP contribution is -2.32. The molecule has 1 aromatic carbocycles. The van der Waals surface area contributed by atoms with Gasteiger partial charge in [-0.15, -0.1) is 0 Å². The first-order chi connectivity index (χ1) is 10.1. The molecule has 1 aliphatic heterocycles. The fourth-order valence-corrected chi connectivity index (χ4v) is 4.21. The Bertz CT molecular complexity index is 712. The summed E-state index contributed by atoms with van der Waals surface area (Å²) in [4.78, 5) is 0. The molecule has 0 saturated heterocycles. The summed E-state index contributed by atoms with van der Waals surface area (Å²) in [5, 5.41) is 9.70. The summed E-state index contributed by atoms with van der Waals surface area (Å²) < 4.78 is 27.1. The highest BCUT2D eigenvalue weighted by molar-refractivity contribution is 7.92. The third kappa shape index (κ3) is 2.43. The van der Waals surface area contributed by atoms with Crippen molar-refractivity contribution in [2.75, 3.05) is 17.9 Å². The maximum atomic E-state index is 12.8. The van der Waals surface area contributed by atoms with Crippen LogP contribution in [0.15, 0.2) is 41.6 Å². The molecule has 0 bridgehead atoms. The Morgan fingerprint density at radius 1 is 1.33 bits per heavy atom. The molecule has 21 heavy (non-hydrogen) atoms. The SMILES string of the molecule is CNC1CCCN(S(=O)(=O)c2ccn[nH]2)c2ccccc21. The van der Waals surface area contributed by atoms with E-state index in [1.807, 2.05) is 31.3 Å². The molecule has 1 unspecified atom stereocenters. The number of H-pyrrole nitrogens is 1. The molecule has 1 aromatic heterocycles. The predicted molar refractivity (Wildman–Crippen MR) is 80.6 cm³/mol. The van der Waals surface area contributed by atoms with Gasteiger partial charge in [0.1, 0.15) is 0 Å². The minimum absolute atomic E-state index is 0.125. The molecule has 2 heterocycles. The molecular weight excluding hydrogens is 288 g/mol. The number of nitrogens with zero attached hydrogens (tertiary/aromatic N) is 2. The summed E-state index contributed by atoms with van der Waals surface area (Å²) >= 11 is 0. The number of aromatic nitrogens is 2. The minimum Gasteiger partial charge on any atom is -0.313 e. The number of benzene rings is 1. The van der Waals surface area contributed by atoms with Crippen molar-refractivity contribution in [1.29, 1.82) is 0 Å². The van der Waals surface area contributed by atoms with Crippen molar-refractivity contribution in [3.8, 4) is 0 Å². The van der Waals surface area contributed by atoms with E-state index < -0.39 is 10.0 Å². The molecule has 3 rings (SSSR count). The molecule has 0 fully saturated rings. The zero-order chi connectivity index (χ0) is 14.9. The van der Waals surface area contributed by atoms with Crippen molar-refractivity contribution in [2.45, 2.75) is 23.9 Å². The number of aromatic amines is 1. The lowest BCUT2D eigenvalue weighted by atomic mass is 10.0. The topological polar surface area (TPSA) is 78.1 Å². The Morgan fingerprint density at radius 3 is 2.86 bits per heavy atom. The Hall–Kier alpha value is -1.86. The molecule has 0 radical (unpaired) electrons. The second-order valence-electron chi connectivity index (χ2n) is 5.04. The molecule has 2 N–H and O–H groups in total. The van der Waals surface area contributed by atoms with Gasteiger partial charge in [-0.2, -0.15) is 13.5 Å². The van der Waals surface area contributed by atoms with Gasteiger partial charge in [-0.3, -0.25) is 9.40 Å². The summed E-state index contributed by atoms with van der Waals surface area (Å²) in [5.41, 5.74) is 1.75. The number of anilines is 1. The molecule has 0 aliphatic carbocycles. The molecule has 0 spiro atoms. The van der Waals surface area contributed by atoms with Crippen LogP contribution in [-0.2, 0) is 10.0 Å². The van der Waals surface area contributed by atoms with E-state index in [4.69, 9.17) is 0 Å². The maximum absolute atomic E-state index is 12.8. The molecule has 0 saturated carbocycles. The fourth-order valence-electron chi connectivity index (χ4n) is 2.78. The number of hydrogen-bond acceptors (Lipinski definition) is 4. The molecule has 0 amide bonds. The predicted octanol–water partition coefficient (Wildman–Crippen LogP) is 1.66. The normalized spacial score (nSPS) is 19.1. The monoisotopic (exact) mass is 306 g/mol. The number of sulfonamides is 1. The van der Waals surface area contributed by atoms with E-state index in [0.29, 0.717) is 6.54 Å². The van der Waals surface area contributed by atoms with E-state index in [0.717, 1.165) is 24.1 Å². The van der Waals surface area contributed by atoms with Gasteiger partial charge in [0, 0.05) is 12.6 Å². The van der Waals surface area contributed by atoms with Gasteiger partial charge in [-0.05, 0) is 37.6 Å². The maximum Gasteiger partial charge on any atom is 0.281 e. The van der Waals surface area contributed by atoms with Crippen LogP contribution in [-0.4, -0.2) is 32.2 Å². The van der Waals surface area contributed by atoms with Crippen LogP contribution in [0.5, 0.6) is 0 Å². The molecule has 2 aromatic rings. The zero-order valence-electron chi connectivity index (χ0n) is 11.8. The van der Waals surface area contributed by atoms with Gasteiger partial charge in [0.25, 0.3) is 10.0 Å². The van der Waals surface area contributed by atoms with Crippen molar-refractivity contribution >= 4 is 15.7 Å². The Kier molecular flexibility index (Phi) is 3.69. The van der Waals surface area contributed by atoms with Gasteiger partial charge in [0.15, 0.2) is 5.03 Å². The van der Waals surface area contributed by atoms with Crippen LogP contribution >= 0.6 is 0 Å². The second-order valence-corrected chi connectivity index (χ2v) is 6.87. The van der Waals surface area contributed by atoms with Gasteiger partial charge in [0.2, 0.25) is 0 Å². The van der Waals surface area contributed by atoms with Crippen molar-refractivity contribution < 1.29 is 8.42 Å². The van der Waals surface area contributed by atoms with Crippen molar-refractivity contribution in [3.05, 3.63) is 42.1 Å². The molecule has 1 atom stereocenters. The number of hydrogen-bond donors (Lipinski definition) is 2. The zero-order valence-corrected chi connectivity index (χ0v) is 12.6. The first-order valence-electron chi connectivity index (χ1n) is 6.93. The lowest BCUT2D eigenvalue weighted by molar-refractivity contribution is 0.542. The molecule has 6 nitrogen and oxygen atoms in total. The van der Waals surface area contributed by atoms with Gasteiger partial charge in [-0.1, -0.05) is 18.2 Å². The Morgan fingerprint density at radius 2 is 2.14 bits per heavy atom. The Labute approximate surface area is 124 Å². The Balaban J connectivity index is 2.11. The summed E-state index contributed by atoms with van der Waals surface area (Å²) in [5.74, 6) is 0. The highest BCUT2D eigenvalue weighted by atomic mass is 32.2. The van der Waals surface area contributed by atoms with Crippen LogP contribution in [0.25, 0.3) is 0 Å². The average molecular weight is 306 g/mol. The fraction of sp³-hybridized carbons (Fsp3) is 0.357. The largest absolute Gasteiger partial charge is 0.313 e. The number of rotatable bonds is 3. The van der Waals surface area contributed by atoms with E-state index in [-0.39, 0.29) is 11.1 Å². The van der Waals surface area contributed by atoms with Crippen LogP contribution in [0.1, 0.15) is 24.4 Å². The summed E-state index contributed by atoms with van der Waals surface area (Å²) in [7, 11) is -1.70. The third-order valence-corrected chi connectivity index (χ3v) is 5.57. The van der Waals surface area contributed by atoms with E-state index in [9.17, 15) is 8.42 Å². The van der Waals surface area contributed by atoms with Gasteiger partial charge >= 0.3 is 0 Å². The molecular formula is C14H18N4O2S. The van der Waals surface area contributed by atoms with E-state index in [1.54, 1.807) is 0 Å². The third-order valence-electron chi connectivity index (χ3n) is 3.83. The van der Waals surface area contributed by atoms with Gasteiger partial charge in [0.05, 0.1) is 11.9 Å². The van der Waals surface area contributed by atoms with Crippen LogP contribution in [0.2, 0.25) is 0 Å². The van der Waals surface area contributed by atoms with E-state index in [2.05, 4.69) is 15.5 Å². The van der Waals surface area contributed by atoms with E-state index in [1.165, 1.54) is 16.6 Å². The summed E-state index contributed by atoms with van der Waals surface area (Å²) in [6, 6.07) is 9.30. The molecule has 7 heteroatoms. The van der Waals surface area contributed by atoms with Crippen LogP contribution in [0.3, 0.4) is 0 Å². The smallest absolute Gasteiger partial charge is 0.281 e. The lowest BCUT2D eigenvalue weighted by Gasteiger charge is -2.24. The van der Waals surface area contributed by atoms with Crippen molar-refractivity contribution in [3.63, 3.8) is 0 Å². The first-order valence-corrected chi connectivity index (χ1v) is 8.37. The molecule has 1 aliphatic rings. The van der Waals surface area contributed by atoms with Gasteiger partial charge < -0.3 is 5.32 Å².